The average molecular weight is 512 g/mol. The summed E-state index contributed by atoms with van der Waals surface area (Å²) in [6.07, 6.45) is 4.83. The van der Waals surface area contributed by atoms with Gasteiger partial charge in [0.2, 0.25) is 26.0 Å². The lowest BCUT2D eigenvalue weighted by molar-refractivity contribution is -0.117. The Hall–Kier alpha value is -2.50. The van der Waals surface area contributed by atoms with Gasteiger partial charge in [-0.3, -0.25) is 9.10 Å². The minimum Gasteiger partial charge on any atom is -0.324 e. The molecule has 11 heteroatoms. The molecule has 1 saturated heterocycles. The van der Waals surface area contributed by atoms with Gasteiger partial charge < -0.3 is 5.32 Å². The second-order valence-electron chi connectivity index (χ2n) is 8.29. The first-order valence-corrected chi connectivity index (χ1v) is 14.5. The Morgan fingerprint density at radius 2 is 1.53 bits per heavy atom. The van der Waals surface area contributed by atoms with Crippen molar-refractivity contribution in [3.05, 3.63) is 54.3 Å². The van der Waals surface area contributed by atoms with Crippen LogP contribution in [0.1, 0.15) is 39.0 Å². The van der Waals surface area contributed by atoms with E-state index in [1.165, 1.54) is 40.7 Å². The standard InChI is InChI=1S/C23H30FN3O5S2/c1-3-22(27(33(2,29)30)20-12-8-18(24)9-13-20)23(28)25-19-10-14-21(15-11-19)34(31,32)26-16-6-4-5-7-17-26/h8-15,22H,3-7,16-17H2,1-2H3,(H,25,28)/t22-/m1/s1. The molecule has 1 N–H and O–H groups in total. The molecule has 0 saturated carbocycles. The number of nitrogens with one attached hydrogen (secondary N) is 1. The maximum atomic E-state index is 13.3. The lowest BCUT2D eigenvalue weighted by atomic mass is 10.2. The number of hydrogen-bond donors (Lipinski definition) is 1. The molecule has 3 rings (SSSR count). The van der Waals surface area contributed by atoms with E-state index in [0.717, 1.165) is 48.4 Å². The van der Waals surface area contributed by atoms with Gasteiger partial charge in [0.05, 0.1) is 16.8 Å². The Bertz CT molecular complexity index is 1190. The van der Waals surface area contributed by atoms with E-state index < -0.39 is 37.8 Å². The summed E-state index contributed by atoms with van der Waals surface area (Å²) in [5, 5.41) is 2.67. The van der Waals surface area contributed by atoms with Gasteiger partial charge in [-0.15, -0.1) is 0 Å². The first kappa shape index (κ1) is 26.1. The molecule has 0 radical (unpaired) electrons. The van der Waals surface area contributed by atoms with Gasteiger partial charge >= 0.3 is 0 Å². The number of carbonyl (C=O) groups is 1. The van der Waals surface area contributed by atoms with Crippen LogP contribution in [-0.4, -0.2) is 52.4 Å². The van der Waals surface area contributed by atoms with E-state index in [4.69, 9.17) is 0 Å². The molecule has 0 bridgehead atoms. The topological polar surface area (TPSA) is 104 Å². The third-order valence-corrected chi connectivity index (χ3v) is 8.83. The number of carbonyl (C=O) groups excluding carboxylic acids is 1. The molecule has 2 aromatic rings. The van der Waals surface area contributed by atoms with Crippen molar-refractivity contribution in [2.75, 3.05) is 29.0 Å². The monoisotopic (exact) mass is 511 g/mol. The van der Waals surface area contributed by atoms with Crippen LogP contribution >= 0.6 is 0 Å². The van der Waals surface area contributed by atoms with Crippen LogP contribution in [0.4, 0.5) is 15.8 Å². The number of anilines is 2. The molecule has 1 amide bonds. The van der Waals surface area contributed by atoms with Gasteiger partial charge in [0.15, 0.2) is 0 Å². The van der Waals surface area contributed by atoms with Crippen molar-refractivity contribution >= 4 is 37.3 Å². The van der Waals surface area contributed by atoms with Crippen LogP contribution in [0.15, 0.2) is 53.4 Å². The fraction of sp³-hybridized carbons (Fsp3) is 0.435. The van der Waals surface area contributed by atoms with Crippen LogP contribution in [0, 0.1) is 5.82 Å². The number of amides is 1. The fourth-order valence-corrected chi connectivity index (χ4v) is 6.74. The van der Waals surface area contributed by atoms with E-state index in [9.17, 15) is 26.0 Å². The molecular formula is C23H30FN3O5S2. The number of hydrogen-bond acceptors (Lipinski definition) is 5. The van der Waals surface area contributed by atoms with Gasteiger partial charge in [0.1, 0.15) is 11.9 Å². The highest BCUT2D eigenvalue weighted by molar-refractivity contribution is 7.92. The summed E-state index contributed by atoms with van der Waals surface area (Å²) < 4.78 is 66.7. The lowest BCUT2D eigenvalue weighted by Gasteiger charge is -2.30. The SMILES string of the molecule is CC[C@H](C(=O)Nc1ccc(S(=O)(=O)N2CCCCCC2)cc1)N(c1ccc(F)cc1)S(C)(=O)=O. The largest absolute Gasteiger partial charge is 0.324 e. The summed E-state index contributed by atoms with van der Waals surface area (Å²) in [5.41, 5.74) is 0.510. The van der Waals surface area contributed by atoms with Crippen LogP contribution in [0.2, 0.25) is 0 Å². The summed E-state index contributed by atoms with van der Waals surface area (Å²) in [6.45, 7) is 2.65. The molecule has 1 atom stereocenters. The van der Waals surface area contributed by atoms with E-state index in [1.807, 2.05) is 0 Å². The molecule has 0 spiro atoms. The predicted molar refractivity (Wildman–Crippen MR) is 130 cm³/mol. The van der Waals surface area contributed by atoms with E-state index in [2.05, 4.69) is 5.32 Å². The van der Waals surface area contributed by atoms with E-state index >= 15 is 0 Å². The highest BCUT2D eigenvalue weighted by Gasteiger charge is 2.32. The molecule has 186 valence electrons. The van der Waals surface area contributed by atoms with Gasteiger partial charge in [0.25, 0.3) is 0 Å². The third-order valence-electron chi connectivity index (χ3n) is 5.74. The summed E-state index contributed by atoms with van der Waals surface area (Å²) in [5.74, 6) is -1.11. The maximum absolute atomic E-state index is 13.3. The van der Waals surface area contributed by atoms with E-state index in [-0.39, 0.29) is 17.0 Å². The van der Waals surface area contributed by atoms with Gasteiger partial charge in [-0.25, -0.2) is 21.2 Å². The number of benzene rings is 2. The van der Waals surface area contributed by atoms with Crippen LogP contribution in [0.25, 0.3) is 0 Å². The Balaban J connectivity index is 1.79. The summed E-state index contributed by atoms with van der Waals surface area (Å²) in [4.78, 5) is 13.2. The van der Waals surface area contributed by atoms with Crippen molar-refractivity contribution in [1.29, 1.82) is 0 Å². The fourth-order valence-electron chi connectivity index (χ4n) is 4.02. The Labute approximate surface area is 200 Å². The minimum atomic E-state index is -3.86. The quantitative estimate of drug-likeness (QED) is 0.584. The van der Waals surface area contributed by atoms with Gasteiger partial charge in [-0.2, -0.15) is 4.31 Å². The molecule has 1 aliphatic heterocycles. The number of nitrogens with zero attached hydrogens (tertiary/aromatic N) is 2. The maximum Gasteiger partial charge on any atom is 0.248 e. The molecular weight excluding hydrogens is 481 g/mol. The third kappa shape index (κ3) is 6.13. The van der Waals surface area contributed by atoms with Crippen LogP contribution in [0.5, 0.6) is 0 Å². The van der Waals surface area contributed by atoms with Crippen LogP contribution < -0.4 is 9.62 Å². The molecule has 1 heterocycles. The summed E-state index contributed by atoms with van der Waals surface area (Å²) in [6, 6.07) is 9.61. The van der Waals surface area contributed by atoms with Crippen molar-refractivity contribution in [2.24, 2.45) is 0 Å². The molecule has 8 nitrogen and oxygen atoms in total. The number of rotatable bonds is 8. The minimum absolute atomic E-state index is 0.142. The summed E-state index contributed by atoms with van der Waals surface area (Å²) >= 11 is 0. The van der Waals surface area contributed by atoms with Crippen molar-refractivity contribution in [2.45, 2.75) is 50.0 Å². The van der Waals surface area contributed by atoms with E-state index in [1.54, 1.807) is 6.92 Å². The van der Waals surface area contributed by atoms with Crippen LogP contribution in [-0.2, 0) is 24.8 Å². The second-order valence-corrected chi connectivity index (χ2v) is 12.1. The molecule has 0 aromatic heterocycles. The van der Waals surface area contributed by atoms with Crippen molar-refractivity contribution < 1.29 is 26.0 Å². The predicted octanol–water partition coefficient (Wildman–Crippen LogP) is 3.57. The van der Waals surface area contributed by atoms with Crippen molar-refractivity contribution in [3.63, 3.8) is 0 Å². The van der Waals surface area contributed by atoms with E-state index in [0.29, 0.717) is 18.8 Å². The Morgan fingerprint density at radius 1 is 0.971 bits per heavy atom. The molecule has 1 fully saturated rings. The lowest BCUT2D eigenvalue weighted by Crippen LogP contribution is -2.47. The number of halogens is 1. The van der Waals surface area contributed by atoms with Crippen molar-refractivity contribution in [1.82, 2.24) is 4.31 Å². The first-order chi connectivity index (χ1) is 16.0. The van der Waals surface area contributed by atoms with Gasteiger partial charge in [0, 0.05) is 18.8 Å². The second kappa shape index (κ2) is 10.8. The molecule has 34 heavy (non-hydrogen) atoms. The number of sulfonamides is 2. The molecule has 2 aromatic carbocycles. The molecule has 1 aliphatic rings. The Kier molecular flexibility index (Phi) is 8.32. The van der Waals surface area contributed by atoms with Gasteiger partial charge in [-0.05, 0) is 67.8 Å². The Morgan fingerprint density at radius 3 is 2.03 bits per heavy atom. The normalized spacial score (nSPS) is 16.4. The zero-order valence-corrected chi connectivity index (χ0v) is 20.9. The zero-order chi connectivity index (χ0) is 24.9. The highest BCUT2D eigenvalue weighted by atomic mass is 32.2. The molecule has 0 aliphatic carbocycles. The zero-order valence-electron chi connectivity index (χ0n) is 19.3. The molecule has 0 unspecified atom stereocenters. The van der Waals surface area contributed by atoms with Crippen LogP contribution in [0.3, 0.4) is 0 Å². The van der Waals surface area contributed by atoms with Gasteiger partial charge in [-0.1, -0.05) is 19.8 Å². The van der Waals surface area contributed by atoms with Crippen molar-refractivity contribution in [3.8, 4) is 0 Å². The first-order valence-electron chi connectivity index (χ1n) is 11.2. The average Bonchev–Trinajstić information content (AvgIpc) is 3.08. The highest BCUT2D eigenvalue weighted by Crippen LogP contribution is 2.25. The summed E-state index contributed by atoms with van der Waals surface area (Å²) in [7, 11) is -7.48. The smallest absolute Gasteiger partial charge is 0.248 e.